The molecule has 1 N–H and O–H groups in total. The van der Waals surface area contributed by atoms with Crippen LogP contribution in [0.25, 0.3) is 0 Å². The van der Waals surface area contributed by atoms with Gasteiger partial charge in [0, 0.05) is 24.1 Å². The molecule has 6 heteroatoms. The van der Waals surface area contributed by atoms with Crippen LogP contribution in [0.3, 0.4) is 0 Å². The predicted octanol–water partition coefficient (Wildman–Crippen LogP) is 0.952. The second-order valence-electron chi connectivity index (χ2n) is 6.39. The maximum absolute atomic E-state index is 11.6. The Morgan fingerprint density at radius 1 is 1.25 bits per heavy atom. The highest BCUT2D eigenvalue weighted by Crippen LogP contribution is 2.27. The van der Waals surface area contributed by atoms with Gasteiger partial charge in [-0.05, 0) is 20.8 Å². The van der Waals surface area contributed by atoms with E-state index in [1.165, 1.54) is 0 Å². The molecule has 1 atom stereocenters. The summed E-state index contributed by atoms with van der Waals surface area (Å²) in [6.07, 6.45) is 1.11. The van der Waals surface area contributed by atoms with Gasteiger partial charge in [0.25, 0.3) is 5.91 Å². The third kappa shape index (κ3) is 4.68. The number of amides is 1. The minimum absolute atomic E-state index is 0.325. The van der Waals surface area contributed by atoms with E-state index in [9.17, 15) is 14.4 Å². The summed E-state index contributed by atoms with van der Waals surface area (Å²) in [4.78, 5) is 34.5. The molecule has 0 bridgehead atoms. The molecular formula is C14H21NO5. The lowest BCUT2D eigenvalue weighted by molar-refractivity contribution is -0.154. The van der Waals surface area contributed by atoms with E-state index < -0.39 is 29.1 Å². The van der Waals surface area contributed by atoms with Crippen molar-refractivity contribution in [2.45, 2.75) is 46.3 Å². The first-order valence-electron chi connectivity index (χ1n) is 6.41. The molecule has 0 radical (unpaired) electrons. The van der Waals surface area contributed by atoms with Gasteiger partial charge in [-0.25, -0.2) is 9.59 Å². The molecule has 1 rings (SSSR count). The summed E-state index contributed by atoms with van der Waals surface area (Å²) in [7, 11) is 0. The normalized spacial score (nSPS) is 21.6. The highest BCUT2D eigenvalue weighted by atomic mass is 16.6. The predicted molar refractivity (Wildman–Crippen MR) is 71.7 cm³/mol. The summed E-state index contributed by atoms with van der Waals surface area (Å²) in [6, 6.07) is 0. The third-order valence-corrected chi connectivity index (χ3v) is 2.66. The van der Waals surface area contributed by atoms with Gasteiger partial charge < -0.3 is 14.8 Å². The average Bonchev–Trinajstić information content (AvgIpc) is 2.51. The van der Waals surface area contributed by atoms with E-state index in [0.717, 1.165) is 12.2 Å². The quantitative estimate of drug-likeness (QED) is 0.616. The summed E-state index contributed by atoms with van der Waals surface area (Å²) in [5.74, 6) is -1.70. The maximum Gasteiger partial charge on any atom is 0.331 e. The van der Waals surface area contributed by atoms with Gasteiger partial charge in [0.2, 0.25) is 0 Å². The van der Waals surface area contributed by atoms with Gasteiger partial charge >= 0.3 is 11.9 Å². The largest absolute Gasteiger partial charge is 0.457 e. The SMILES string of the molecule is CC(C)(C)OC(=O)/C=C/C(=O)OC1C(=O)NCC1(C)C. The zero-order valence-corrected chi connectivity index (χ0v) is 12.5. The molecular weight excluding hydrogens is 262 g/mol. The van der Waals surface area contributed by atoms with Crippen LogP contribution >= 0.6 is 0 Å². The van der Waals surface area contributed by atoms with Crippen LogP contribution in [-0.4, -0.2) is 36.1 Å². The molecule has 1 amide bonds. The summed E-state index contributed by atoms with van der Waals surface area (Å²) in [5, 5.41) is 2.63. The minimum atomic E-state index is -0.849. The second kappa shape index (κ2) is 5.64. The summed E-state index contributed by atoms with van der Waals surface area (Å²) in [6.45, 7) is 9.26. The van der Waals surface area contributed by atoms with E-state index in [4.69, 9.17) is 9.47 Å². The first kappa shape index (κ1) is 16.2. The van der Waals surface area contributed by atoms with E-state index >= 15 is 0 Å². The zero-order chi connectivity index (χ0) is 15.6. The molecule has 20 heavy (non-hydrogen) atoms. The Morgan fingerprint density at radius 2 is 1.80 bits per heavy atom. The summed E-state index contributed by atoms with van der Waals surface area (Å²) >= 11 is 0. The van der Waals surface area contributed by atoms with E-state index in [1.807, 2.05) is 13.8 Å². The van der Waals surface area contributed by atoms with Crippen LogP contribution in [-0.2, 0) is 23.9 Å². The van der Waals surface area contributed by atoms with Crippen molar-refractivity contribution < 1.29 is 23.9 Å². The van der Waals surface area contributed by atoms with Crippen molar-refractivity contribution in [3.05, 3.63) is 12.2 Å². The van der Waals surface area contributed by atoms with E-state index in [-0.39, 0.29) is 5.91 Å². The van der Waals surface area contributed by atoms with Gasteiger partial charge in [-0.3, -0.25) is 4.79 Å². The lowest BCUT2D eigenvalue weighted by Crippen LogP contribution is -2.35. The molecule has 1 aliphatic rings. The standard InChI is InChI=1S/C14H21NO5/c1-13(2,3)20-10(17)7-6-9(16)19-11-12(18)15-8-14(11,4)5/h6-7,11H,8H2,1-5H3,(H,15,18)/b7-6+. The van der Waals surface area contributed by atoms with Crippen LogP contribution in [0.15, 0.2) is 12.2 Å². The number of nitrogens with one attached hydrogen (secondary N) is 1. The van der Waals surface area contributed by atoms with Gasteiger partial charge in [0.05, 0.1) is 0 Å². The number of hydrogen-bond donors (Lipinski definition) is 1. The van der Waals surface area contributed by atoms with Crippen molar-refractivity contribution in [1.82, 2.24) is 5.32 Å². The van der Waals surface area contributed by atoms with Crippen LogP contribution in [0.5, 0.6) is 0 Å². The van der Waals surface area contributed by atoms with Crippen molar-refractivity contribution in [2.24, 2.45) is 5.41 Å². The second-order valence-corrected chi connectivity index (χ2v) is 6.39. The number of esters is 2. The Hall–Kier alpha value is -1.85. The van der Waals surface area contributed by atoms with Crippen molar-refractivity contribution in [2.75, 3.05) is 6.54 Å². The first-order valence-corrected chi connectivity index (χ1v) is 6.41. The molecule has 0 saturated carbocycles. The third-order valence-electron chi connectivity index (χ3n) is 2.66. The Bertz CT molecular complexity index is 445. The van der Waals surface area contributed by atoms with Gasteiger partial charge in [0.1, 0.15) is 5.60 Å². The fraction of sp³-hybridized carbons (Fsp3) is 0.643. The minimum Gasteiger partial charge on any atom is -0.457 e. The van der Waals surface area contributed by atoms with Gasteiger partial charge in [0.15, 0.2) is 6.10 Å². The van der Waals surface area contributed by atoms with Crippen LogP contribution in [0, 0.1) is 5.41 Å². The summed E-state index contributed by atoms with van der Waals surface area (Å²) in [5.41, 5.74) is -1.09. The Labute approximate surface area is 118 Å². The van der Waals surface area contributed by atoms with Crippen LogP contribution < -0.4 is 5.32 Å². The molecule has 0 aromatic rings. The smallest absolute Gasteiger partial charge is 0.331 e. The average molecular weight is 283 g/mol. The van der Waals surface area contributed by atoms with Crippen LogP contribution in [0.4, 0.5) is 0 Å². The Morgan fingerprint density at radius 3 is 2.25 bits per heavy atom. The van der Waals surface area contributed by atoms with Gasteiger partial charge in [-0.15, -0.1) is 0 Å². The van der Waals surface area contributed by atoms with Gasteiger partial charge in [-0.1, -0.05) is 13.8 Å². The number of ether oxygens (including phenoxy) is 2. The summed E-state index contributed by atoms with van der Waals surface area (Å²) < 4.78 is 10.1. The van der Waals surface area contributed by atoms with Gasteiger partial charge in [-0.2, -0.15) is 0 Å². The molecule has 1 saturated heterocycles. The lowest BCUT2D eigenvalue weighted by Gasteiger charge is -2.22. The molecule has 0 aliphatic carbocycles. The molecule has 1 fully saturated rings. The van der Waals surface area contributed by atoms with Crippen molar-refractivity contribution in [1.29, 1.82) is 0 Å². The molecule has 6 nitrogen and oxygen atoms in total. The number of carbonyl (C=O) groups is 3. The van der Waals surface area contributed by atoms with E-state index in [1.54, 1.807) is 20.8 Å². The molecule has 112 valence electrons. The van der Waals surface area contributed by atoms with E-state index in [0.29, 0.717) is 6.54 Å². The number of carbonyl (C=O) groups excluding carboxylic acids is 3. The molecule has 1 heterocycles. The number of hydrogen-bond acceptors (Lipinski definition) is 5. The van der Waals surface area contributed by atoms with Crippen LogP contribution in [0.2, 0.25) is 0 Å². The fourth-order valence-electron chi connectivity index (χ4n) is 1.70. The van der Waals surface area contributed by atoms with Crippen molar-refractivity contribution >= 4 is 17.8 Å². The Balaban J connectivity index is 2.56. The number of rotatable bonds is 3. The molecule has 0 aromatic carbocycles. The topological polar surface area (TPSA) is 81.7 Å². The molecule has 0 aromatic heterocycles. The highest BCUT2D eigenvalue weighted by molar-refractivity contribution is 5.94. The molecule has 1 unspecified atom stereocenters. The highest BCUT2D eigenvalue weighted by Gasteiger charge is 2.43. The van der Waals surface area contributed by atoms with Crippen molar-refractivity contribution in [3.8, 4) is 0 Å². The monoisotopic (exact) mass is 283 g/mol. The zero-order valence-electron chi connectivity index (χ0n) is 12.5. The molecule has 1 aliphatic heterocycles. The van der Waals surface area contributed by atoms with E-state index in [2.05, 4.69) is 5.32 Å². The molecule has 0 spiro atoms. The first-order chi connectivity index (χ1) is 9.01. The van der Waals surface area contributed by atoms with Crippen LogP contribution in [0.1, 0.15) is 34.6 Å². The lowest BCUT2D eigenvalue weighted by atomic mass is 9.90. The fourth-order valence-corrected chi connectivity index (χ4v) is 1.70. The maximum atomic E-state index is 11.6. The van der Waals surface area contributed by atoms with Crippen molar-refractivity contribution in [3.63, 3.8) is 0 Å². The Kier molecular flexibility index (Phi) is 4.57.